The maximum Gasteiger partial charge on any atom is 0.267 e. The van der Waals surface area contributed by atoms with Crippen LogP contribution >= 0.6 is 0 Å². The zero-order valence-corrected chi connectivity index (χ0v) is 13.8. The second-order valence-electron chi connectivity index (χ2n) is 5.50. The van der Waals surface area contributed by atoms with E-state index in [2.05, 4.69) is 10.4 Å². The SMILES string of the molecule is CNC(=O)Cn1nc(C(C)C)c(-c2cccc(OC)c2)cc1=O. The van der Waals surface area contributed by atoms with E-state index in [0.29, 0.717) is 5.75 Å². The molecule has 2 rings (SSSR count). The topological polar surface area (TPSA) is 73.2 Å². The molecule has 1 N–H and O–H groups in total. The second kappa shape index (κ2) is 7.09. The Hall–Kier alpha value is -2.63. The first-order valence-corrected chi connectivity index (χ1v) is 7.43. The summed E-state index contributed by atoms with van der Waals surface area (Å²) in [5, 5.41) is 6.89. The highest BCUT2D eigenvalue weighted by molar-refractivity contribution is 5.75. The zero-order valence-electron chi connectivity index (χ0n) is 13.8. The van der Waals surface area contributed by atoms with Gasteiger partial charge in [0.2, 0.25) is 5.91 Å². The number of carbonyl (C=O) groups is 1. The molecule has 1 aromatic carbocycles. The van der Waals surface area contributed by atoms with Crippen molar-refractivity contribution in [1.82, 2.24) is 15.1 Å². The largest absolute Gasteiger partial charge is 0.497 e. The highest BCUT2D eigenvalue weighted by Crippen LogP contribution is 2.28. The summed E-state index contributed by atoms with van der Waals surface area (Å²) in [5.74, 6) is 0.558. The van der Waals surface area contributed by atoms with Crippen molar-refractivity contribution in [2.75, 3.05) is 14.2 Å². The number of benzene rings is 1. The van der Waals surface area contributed by atoms with Crippen LogP contribution in [0.25, 0.3) is 11.1 Å². The van der Waals surface area contributed by atoms with Crippen LogP contribution in [0.3, 0.4) is 0 Å². The van der Waals surface area contributed by atoms with Gasteiger partial charge >= 0.3 is 0 Å². The van der Waals surface area contributed by atoms with Crippen LogP contribution < -0.4 is 15.6 Å². The van der Waals surface area contributed by atoms with E-state index in [4.69, 9.17) is 4.74 Å². The monoisotopic (exact) mass is 315 g/mol. The minimum Gasteiger partial charge on any atom is -0.497 e. The van der Waals surface area contributed by atoms with Crippen LogP contribution in [0.1, 0.15) is 25.5 Å². The molecule has 0 saturated carbocycles. The van der Waals surface area contributed by atoms with Crippen LogP contribution in [0.4, 0.5) is 0 Å². The molecule has 6 heteroatoms. The second-order valence-corrected chi connectivity index (χ2v) is 5.50. The third-order valence-corrected chi connectivity index (χ3v) is 3.53. The summed E-state index contributed by atoms with van der Waals surface area (Å²) in [6.07, 6.45) is 0. The van der Waals surface area contributed by atoms with Gasteiger partial charge in [-0.1, -0.05) is 26.0 Å². The molecule has 0 aliphatic carbocycles. The lowest BCUT2D eigenvalue weighted by molar-refractivity contribution is -0.121. The summed E-state index contributed by atoms with van der Waals surface area (Å²) < 4.78 is 6.43. The van der Waals surface area contributed by atoms with Gasteiger partial charge in [-0.2, -0.15) is 5.10 Å². The van der Waals surface area contributed by atoms with Gasteiger partial charge in [-0.05, 0) is 23.6 Å². The summed E-state index contributed by atoms with van der Waals surface area (Å²) in [5.41, 5.74) is 2.08. The molecule has 6 nitrogen and oxygen atoms in total. The molecular weight excluding hydrogens is 294 g/mol. The van der Waals surface area contributed by atoms with E-state index in [0.717, 1.165) is 16.8 Å². The van der Waals surface area contributed by atoms with Gasteiger partial charge in [0.05, 0.1) is 12.8 Å². The minimum absolute atomic E-state index is 0.0898. The molecule has 1 aromatic heterocycles. The van der Waals surface area contributed by atoms with Gasteiger partial charge in [-0.3, -0.25) is 9.59 Å². The molecule has 0 bridgehead atoms. The van der Waals surface area contributed by atoms with Crippen LogP contribution in [0, 0.1) is 0 Å². The van der Waals surface area contributed by atoms with Crippen molar-refractivity contribution in [3.05, 3.63) is 46.4 Å². The lowest BCUT2D eigenvalue weighted by Crippen LogP contribution is -2.32. The predicted octanol–water partition coefficient (Wildman–Crippen LogP) is 1.79. The third kappa shape index (κ3) is 3.77. The minimum atomic E-state index is -0.309. The van der Waals surface area contributed by atoms with Crippen molar-refractivity contribution in [2.45, 2.75) is 26.3 Å². The van der Waals surface area contributed by atoms with E-state index in [-0.39, 0.29) is 23.9 Å². The Labute approximate surface area is 135 Å². The highest BCUT2D eigenvalue weighted by Gasteiger charge is 2.15. The quantitative estimate of drug-likeness (QED) is 0.913. The van der Waals surface area contributed by atoms with Crippen LogP contribution in [0.2, 0.25) is 0 Å². The standard InChI is InChI=1S/C17H21N3O3/c1-11(2)17-14(12-6-5-7-13(8-12)23-4)9-16(22)20(19-17)10-15(21)18-3/h5-9,11H,10H2,1-4H3,(H,18,21). The molecule has 2 aromatic rings. The average molecular weight is 315 g/mol. The summed E-state index contributed by atoms with van der Waals surface area (Å²) in [6.45, 7) is 3.91. The molecule has 0 fully saturated rings. The number of nitrogens with zero attached hydrogens (tertiary/aromatic N) is 2. The van der Waals surface area contributed by atoms with Crippen molar-refractivity contribution in [3.8, 4) is 16.9 Å². The Kier molecular flexibility index (Phi) is 5.16. The van der Waals surface area contributed by atoms with Gasteiger partial charge in [0.1, 0.15) is 12.3 Å². The summed E-state index contributed by atoms with van der Waals surface area (Å²) in [7, 11) is 3.13. The molecule has 122 valence electrons. The number of nitrogens with one attached hydrogen (secondary N) is 1. The zero-order chi connectivity index (χ0) is 17.0. The Morgan fingerprint density at radius 3 is 2.70 bits per heavy atom. The third-order valence-electron chi connectivity index (χ3n) is 3.53. The van der Waals surface area contributed by atoms with Gasteiger partial charge in [-0.15, -0.1) is 0 Å². The molecule has 0 atom stereocenters. The number of hydrogen-bond donors (Lipinski definition) is 1. The Balaban J connectivity index is 2.57. The van der Waals surface area contributed by atoms with E-state index in [9.17, 15) is 9.59 Å². The number of ether oxygens (including phenoxy) is 1. The molecule has 0 radical (unpaired) electrons. The molecule has 1 heterocycles. The summed E-state index contributed by atoms with van der Waals surface area (Å²) in [6, 6.07) is 9.02. The van der Waals surface area contributed by atoms with Crippen molar-refractivity contribution in [3.63, 3.8) is 0 Å². The molecule has 0 unspecified atom stereocenters. The lowest BCUT2D eigenvalue weighted by Gasteiger charge is -2.15. The number of hydrogen-bond acceptors (Lipinski definition) is 4. The number of likely N-dealkylation sites (N-methyl/N-ethyl adjacent to an activating group) is 1. The van der Waals surface area contributed by atoms with Crippen molar-refractivity contribution in [2.24, 2.45) is 0 Å². The Morgan fingerprint density at radius 1 is 1.35 bits per heavy atom. The maximum absolute atomic E-state index is 12.3. The van der Waals surface area contributed by atoms with Gasteiger partial charge in [0, 0.05) is 18.7 Å². The maximum atomic E-state index is 12.3. The predicted molar refractivity (Wildman–Crippen MR) is 88.6 cm³/mol. The molecule has 1 amide bonds. The van der Waals surface area contributed by atoms with Crippen molar-refractivity contribution < 1.29 is 9.53 Å². The van der Waals surface area contributed by atoms with E-state index in [1.807, 2.05) is 38.1 Å². The fourth-order valence-electron chi connectivity index (χ4n) is 2.28. The lowest BCUT2D eigenvalue weighted by atomic mass is 9.98. The molecule has 23 heavy (non-hydrogen) atoms. The van der Waals surface area contributed by atoms with Gasteiger partial charge < -0.3 is 10.1 Å². The number of aromatic nitrogens is 2. The van der Waals surface area contributed by atoms with E-state index < -0.39 is 0 Å². The Bertz CT molecular complexity index is 766. The van der Waals surface area contributed by atoms with Gasteiger partial charge in [0.25, 0.3) is 5.56 Å². The van der Waals surface area contributed by atoms with Crippen LogP contribution in [-0.2, 0) is 11.3 Å². The van der Waals surface area contributed by atoms with Crippen molar-refractivity contribution >= 4 is 5.91 Å². The first-order valence-electron chi connectivity index (χ1n) is 7.43. The Morgan fingerprint density at radius 2 is 2.09 bits per heavy atom. The highest BCUT2D eigenvalue weighted by atomic mass is 16.5. The number of carbonyl (C=O) groups excluding carboxylic acids is 1. The van der Waals surface area contributed by atoms with Crippen LogP contribution in [0.15, 0.2) is 35.1 Å². The number of methoxy groups -OCH3 is 1. The smallest absolute Gasteiger partial charge is 0.267 e. The molecular formula is C17H21N3O3. The first kappa shape index (κ1) is 16.7. The van der Waals surface area contributed by atoms with E-state index >= 15 is 0 Å². The van der Waals surface area contributed by atoms with Crippen molar-refractivity contribution in [1.29, 1.82) is 0 Å². The molecule has 0 spiro atoms. The van der Waals surface area contributed by atoms with E-state index in [1.165, 1.54) is 17.8 Å². The number of amides is 1. The fraction of sp³-hybridized carbons (Fsp3) is 0.353. The fourth-order valence-corrected chi connectivity index (χ4v) is 2.28. The van der Waals surface area contributed by atoms with Crippen LogP contribution in [-0.4, -0.2) is 29.8 Å². The molecule has 0 aliphatic heterocycles. The molecule has 0 aliphatic rings. The molecule has 0 saturated heterocycles. The summed E-state index contributed by atoms with van der Waals surface area (Å²) >= 11 is 0. The van der Waals surface area contributed by atoms with Gasteiger partial charge in [-0.25, -0.2) is 4.68 Å². The van der Waals surface area contributed by atoms with Crippen LogP contribution in [0.5, 0.6) is 5.75 Å². The summed E-state index contributed by atoms with van der Waals surface area (Å²) in [4.78, 5) is 23.8. The first-order chi connectivity index (χ1) is 11.0. The normalized spacial score (nSPS) is 10.7. The number of rotatable bonds is 5. The average Bonchev–Trinajstić information content (AvgIpc) is 2.55. The van der Waals surface area contributed by atoms with Gasteiger partial charge in [0.15, 0.2) is 0 Å². The van der Waals surface area contributed by atoms with E-state index in [1.54, 1.807) is 7.11 Å².